The third-order valence-electron chi connectivity index (χ3n) is 8.76. The Kier molecular flexibility index (Phi) is 5.55. The second-order valence-electron chi connectivity index (χ2n) is 10.5. The van der Waals surface area contributed by atoms with Crippen LogP contribution < -0.4 is 0 Å². The molecular formula is C27H34O5. The number of allylic oxidation sites excluding steroid dienone is 2. The summed E-state index contributed by atoms with van der Waals surface area (Å²) in [4.78, 5) is 12.0. The lowest BCUT2D eigenvalue weighted by molar-refractivity contribution is -0.307. The SMILES string of the molecule is C=C1CCC2[C@]3(C)CO[C@H](c4ccccc4)OC3CC[C@]2(C)[C@H]1C/C=C1/C(=O)OCC1O. The number of carbonyl (C=O) groups is 1. The summed E-state index contributed by atoms with van der Waals surface area (Å²) < 4.78 is 17.9. The zero-order chi connectivity index (χ0) is 22.5. The molecule has 172 valence electrons. The van der Waals surface area contributed by atoms with E-state index in [-0.39, 0.29) is 35.7 Å². The molecular weight excluding hydrogens is 404 g/mol. The summed E-state index contributed by atoms with van der Waals surface area (Å²) in [7, 11) is 0. The molecule has 1 N–H and O–H groups in total. The first kappa shape index (κ1) is 21.9. The summed E-state index contributed by atoms with van der Waals surface area (Å²) in [6.07, 6.45) is 5.77. The maximum absolute atomic E-state index is 12.0. The molecule has 2 heterocycles. The van der Waals surface area contributed by atoms with Crippen molar-refractivity contribution in [3.8, 4) is 0 Å². The number of hydrogen-bond acceptors (Lipinski definition) is 5. The molecule has 4 aliphatic rings. The summed E-state index contributed by atoms with van der Waals surface area (Å²) in [5.74, 6) is 0.316. The van der Waals surface area contributed by atoms with Gasteiger partial charge in [0.1, 0.15) is 12.7 Å². The molecule has 1 aromatic carbocycles. The highest BCUT2D eigenvalue weighted by molar-refractivity contribution is 5.91. The van der Waals surface area contributed by atoms with Crippen LogP contribution in [0.1, 0.15) is 57.8 Å². The molecule has 3 unspecified atom stereocenters. The van der Waals surface area contributed by atoms with Crippen molar-refractivity contribution in [3.63, 3.8) is 0 Å². The molecule has 1 aromatic rings. The molecule has 0 radical (unpaired) electrons. The minimum atomic E-state index is -0.814. The lowest BCUT2D eigenvalue weighted by Crippen LogP contribution is -2.60. The highest BCUT2D eigenvalue weighted by Crippen LogP contribution is 2.63. The van der Waals surface area contributed by atoms with Gasteiger partial charge in [-0.1, -0.05) is 62.4 Å². The number of aliphatic hydroxyl groups excluding tert-OH is 1. The van der Waals surface area contributed by atoms with Gasteiger partial charge < -0.3 is 19.3 Å². The maximum atomic E-state index is 12.0. The van der Waals surface area contributed by atoms with Crippen molar-refractivity contribution >= 4 is 5.97 Å². The number of ether oxygens (including phenoxy) is 3. The molecule has 4 fully saturated rings. The van der Waals surface area contributed by atoms with Gasteiger partial charge in [-0.25, -0.2) is 4.79 Å². The van der Waals surface area contributed by atoms with Gasteiger partial charge in [0.05, 0.1) is 18.3 Å². The van der Waals surface area contributed by atoms with Crippen molar-refractivity contribution in [2.75, 3.05) is 13.2 Å². The van der Waals surface area contributed by atoms with Crippen molar-refractivity contribution in [2.45, 2.75) is 64.4 Å². The monoisotopic (exact) mass is 438 g/mol. The van der Waals surface area contributed by atoms with Gasteiger partial charge in [-0.2, -0.15) is 0 Å². The van der Waals surface area contributed by atoms with Crippen LogP contribution >= 0.6 is 0 Å². The Balaban J connectivity index is 1.38. The van der Waals surface area contributed by atoms with Gasteiger partial charge in [0.15, 0.2) is 6.29 Å². The van der Waals surface area contributed by atoms with Crippen molar-refractivity contribution in [1.82, 2.24) is 0 Å². The zero-order valence-electron chi connectivity index (χ0n) is 19.1. The van der Waals surface area contributed by atoms with Crippen LogP contribution in [0.5, 0.6) is 0 Å². The van der Waals surface area contributed by atoms with Crippen LogP contribution in [0.3, 0.4) is 0 Å². The first-order valence-corrected chi connectivity index (χ1v) is 11.9. The second kappa shape index (κ2) is 8.12. The van der Waals surface area contributed by atoms with Crippen LogP contribution in [-0.4, -0.2) is 36.5 Å². The van der Waals surface area contributed by atoms with E-state index in [2.05, 4.69) is 32.6 Å². The summed E-state index contributed by atoms with van der Waals surface area (Å²) >= 11 is 0. The van der Waals surface area contributed by atoms with Crippen molar-refractivity contribution < 1.29 is 24.1 Å². The minimum Gasteiger partial charge on any atom is -0.459 e. The first-order chi connectivity index (χ1) is 15.3. The molecule has 0 bridgehead atoms. The fourth-order valence-electron chi connectivity index (χ4n) is 6.98. The van der Waals surface area contributed by atoms with Gasteiger partial charge in [0.25, 0.3) is 0 Å². The fraction of sp³-hybridized carbons (Fsp3) is 0.593. The van der Waals surface area contributed by atoms with E-state index >= 15 is 0 Å². The van der Waals surface area contributed by atoms with E-state index in [1.54, 1.807) is 0 Å². The number of carbonyl (C=O) groups excluding carboxylic acids is 1. The summed E-state index contributed by atoms with van der Waals surface area (Å²) in [5.41, 5.74) is 2.72. The van der Waals surface area contributed by atoms with E-state index in [9.17, 15) is 9.90 Å². The average molecular weight is 439 g/mol. The Morgan fingerprint density at radius 1 is 1.19 bits per heavy atom. The molecule has 7 atom stereocenters. The molecule has 5 nitrogen and oxygen atoms in total. The van der Waals surface area contributed by atoms with Gasteiger partial charge in [0.2, 0.25) is 0 Å². The molecule has 0 amide bonds. The highest BCUT2D eigenvalue weighted by atomic mass is 16.7. The lowest BCUT2D eigenvalue weighted by Gasteiger charge is -2.62. The van der Waals surface area contributed by atoms with Crippen LogP contribution in [0.2, 0.25) is 0 Å². The number of fused-ring (bicyclic) bond motifs is 3. The average Bonchev–Trinajstić information content (AvgIpc) is 3.10. The van der Waals surface area contributed by atoms with E-state index in [1.807, 2.05) is 24.3 Å². The van der Waals surface area contributed by atoms with E-state index < -0.39 is 12.1 Å². The molecule has 0 spiro atoms. The van der Waals surface area contributed by atoms with Gasteiger partial charge in [0, 0.05) is 11.0 Å². The molecule has 5 heteroatoms. The van der Waals surface area contributed by atoms with E-state index in [4.69, 9.17) is 14.2 Å². The third-order valence-corrected chi connectivity index (χ3v) is 8.76. The molecule has 2 saturated carbocycles. The first-order valence-electron chi connectivity index (χ1n) is 11.9. The number of rotatable bonds is 3. The highest BCUT2D eigenvalue weighted by Gasteiger charge is 2.60. The molecule has 5 rings (SSSR count). The number of esters is 1. The molecule has 2 saturated heterocycles. The predicted molar refractivity (Wildman–Crippen MR) is 120 cm³/mol. The van der Waals surface area contributed by atoms with Crippen LogP contribution in [-0.2, 0) is 19.0 Å². The van der Waals surface area contributed by atoms with Crippen LogP contribution in [0.25, 0.3) is 0 Å². The van der Waals surface area contributed by atoms with Gasteiger partial charge in [-0.15, -0.1) is 0 Å². The van der Waals surface area contributed by atoms with Crippen LogP contribution in [0, 0.1) is 22.7 Å². The smallest absolute Gasteiger partial charge is 0.336 e. The van der Waals surface area contributed by atoms with Crippen LogP contribution in [0.4, 0.5) is 0 Å². The Morgan fingerprint density at radius 3 is 2.69 bits per heavy atom. The van der Waals surface area contributed by atoms with Crippen molar-refractivity contribution in [3.05, 3.63) is 59.7 Å². The number of aliphatic hydroxyl groups is 1. The van der Waals surface area contributed by atoms with Crippen molar-refractivity contribution in [1.29, 1.82) is 0 Å². The summed E-state index contributed by atoms with van der Waals surface area (Å²) in [5, 5.41) is 10.1. The molecule has 0 aromatic heterocycles. The molecule has 2 aliphatic heterocycles. The fourth-order valence-corrected chi connectivity index (χ4v) is 6.98. The number of hydrogen-bond donors (Lipinski definition) is 1. The normalized spacial score (nSPS) is 43.0. The van der Waals surface area contributed by atoms with E-state index in [0.717, 1.165) is 31.2 Å². The lowest BCUT2D eigenvalue weighted by atomic mass is 9.46. The van der Waals surface area contributed by atoms with Crippen LogP contribution in [0.15, 0.2) is 54.1 Å². The van der Waals surface area contributed by atoms with E-state index in [1.165, 1.54) is 5.57 Å². The van der Waals surface area contributed by atoms with Gasteiger partial charge >= 0.3 is 5.97 Å². The topological polar surface area (TPSA) is 65.0 Å². The standard InChI is InChI=1S/C27H34O5/c1-17-9-12-22-26(2,20(17)11-10-19-21(28)15-30-24(19)29)14-13-23-27(22,3)16-31-25(32-23)18-7-5-4-6-8-18/h4-8,10,20-23,25,28H,1,9,11-16H2,2-3H3/b19-10+/t20-,21?,22?,23?,25-,26+,27-/m0/s1. The Hall–Kier alpha value is -1.95. The molecule has 32 heavy (non-hydrogen) atoms. The molecule has 2 aliphatic carbocycles. The third kappa shape index (κ3) is 3.46. The Bertz CT molecular complexity index is 923. The Morgan fingerprint density at radius 2 is 1.97 bits per heavy atom. The van der Waals surface area contributed by atoms with Gasteiger partial charge in [-0.05, 0) is 49.4 Å². The van der Waals surface area contributed by atoms with Gasteiger partial charge in [-0.3, -0.25) is 0 Å². The maximum Gasteiger partial charge on any atom is 0.336 e. The quantitative estimate of drug-likeness (QED) is 0.420. The predicted octanol–water partition coefficient (Wildman–Crippen LogP) is 4.72. The zero-order valence-corrected chi connectivity index (χ0v) is 19.1. The van der Waals surface area contributed by atoms with E-state index in [0.29, 0.717) is 24.5 Å². The largest absolute Gasteiger partial charge is 0.459 e. The number of benzene rings is 1. The van der Waals surface area contributed by atoms with Crippen molar-refractivity contribution in [2.24, 2.45) is 22.7 Å². The summed E-state index contributed by atoms with van der Waals surface area (Å²) in [6, 6.07) is 10.2. The summed E-state index contributed by atoms with van der Waals surface area (Å²) in [6.45, 7) is 9.89. The minimum absolute atomic E-state index is 0.0530. The number of cyclic esters (lactones) is 1. The Labute approximate surface area is 190 Å². The second-order valence-corrected chi connectivity index (χ2v) is 10.5.